The van der Waals surface area contributed by atoms with Crippen LogP contribution in [0.15, 0.2) is 77.3 Å². The van der Waals surface area contributed by atoms with Gasteiger partial charge in [0.05, 0.1) is 17.2 Å². The van der Waals surface area contributed by atoms with E-state index in [0.717, 1.165) is 15.6 Å². The van der Waals surface area contributed by atoms with Crippen molar-refractivity contribution in [2.75, 3.05) is 0 Å². The van der Waals surface area contributed by atoms with Crippen LogP contribution in [0.25, 0.3) is 0 Å². The normalized spacial score (nSPS) is 14.5. The fourth-order valence-electron chi connectivity index (χ4n) is 3.22. The van der Waals surface area contributed by atoms with Gasteiger partial charge in [0.25, 0.3) is 11.8 Å². The van der Waals surface area contributed by atoms with Gasteiger partial charge in [0, 0.05) is 9.50 Å². The lowest BCUT2D eigenvalue weighted by Gasteiger charge is -2.27. The third-order valence-electron chi connectivity index (χ3n) is 4.46. The van der Waals surface area contributed by atoms with Crippen molar-refractivity contribution >= 4 is 39.3 Å². The van der Waals surface area contributed by atoms with E-state index in [1.807, 2.05) is 36.4 Å². The lowest BCUT2D eigenvalue weighted by atomic mass is 9.97. The molecule has 0 spiro atoms. The summed E-state index contributed by atoms with van der Waals surface area (Å²) in [6, 6.07) is 21.2. The molecule has 0 bridgehead atoms. The molecule has 1 aliphatic heterocycles. The first-order chi connectivity index (χ1) is 12.6. The number of halogens is 2. The lowest BCUT2D eigenvalue weighted by molar-refractivity contribution is 0.0608. The van der Waals surface area contributed by atoms with Crippen molar-refractivity contribution in [2.24, 2.45) is 0 Å². The van der Waals surface area contributed by atoms with Crippen molar-refractivity contribution in [2.45, 2.75) is 6.04 Å². The highest BCUT2D eigenvalue weighted by Crippen LogP contribution is 2.36. The predicted molar refractivity (Wildman–Crippen MR) is 104 cm³/mol. The summed E-state index contributed by atoms with van der Waals surface area (Å²) in [4.78, 5) is 27.3. The zero-order chi connectivity index (χ0) is 18.3. The quantitative estimate of drug-likeness (QED) is 0.519. The summed E-state index contributed by atoms with van der Waals surface area (Å²) >= 11 is 9.45. The van der Waals surface area contributed by atoms with Crippen molar-refractivity contribution < 1.29 is 9.59 Å². The summed E-state index contributed by atoms with van der Waals surface area (Å²) in [7, 11) is 0. The molecule has 4 rings (SSSR count). The number of benzene rings is 3. The van der Waals surface area contributed by atoms with Gasteiger partial charge in [-0.15, -0.1) is 0 Å². The number of carbonyl (C=O) groups excluding carboxylic acids is 2. The van der Waals surface area contributed by atoms with Gasteiger partial charge in [-0.1, -0.05) is 63.9 Å². The van der Waals surface area contributed by atoms with Crippen LogP contribution < -0.4 is 0 Å². The van der Waals surface area contributed by atoms with E-state index in [-0.39, 0.29) is 11.8 Å². The molecule has 2 amide bonds. The van der Waals surface area contributed by atoms with Crippen molar-refractivity contribution in [1.29, 1.82) is 0 Å². The monoisotopic (exact) mass is 425 g/mol. The molecular formula is C21H13BrClNO2. The van der Waals surface area contributed by atoms with Crippen LogP contribution in [-0.2, 0) is 0 Å². The van der Waals surface area contributed by atoms with Crippen LogP contribution in [0.4, 0.5) is 0 Å². The van der Waals surface area contributed by atoms with E-state index in [2.05, 4.69) is 15.9 Å². The van der Waals surface area contributed by atoms with Gasteiger partial charge in [0.2, 0.25) is 0 Å². The van der Waals surface area contributed by atoms with Crippen LogP contribution in [-0.4, -0.2) is 16.7 Å². The van der Waals surface area contributed by atoms with Gasteiger partial charge in [-0.25, -0.2) is 0 Å². The maximum Gasteiger partial charge on any atom is 0.262 e. The van der Waals surface area contributed by atoms with Crippen molar-refractivity contribution in [1.82, 2.24) is 4.90 Å². The van der Waals surface area contributed by atoms with E-state index in [1.54, 1.807) is 36.4 Å². The molecule has 1 heterocycles. The molecule has 1 atom stereocenters. The average Bonchev–Trinajstić information content (AvgIpc) is 2.90. The van der Waals surface area contributed by atoms with Crippen LogP contribution in [0.3, 0.4) is 0 Å². The Balaban J connectivity index is 1.86. The molecule has 3 aromatic rings. The van der Waals surface area contributed by atoms with Gasteiger partial charge in [-0.2, -0.15) is 0 Å². The first-order valence-corrected chi connectivity index (χ1v) is 9.21. The van der Waals surface area contributed by atoms with Gasteiger partial charge in [0.1, 0.15) is 0 Å². The molecule has 0 radical (unpaired) electrons. The SMILES string of the molecule is O=C1c2ccccc2C(=O)N1C(c1ccc(Cl)cc1)c1ccc(Br)cc1. The largest absolute Gasteiger partial charge is 0.269 e. The average molecular weight is 427 g/mol. The van der Waals surface area contributed by atoms with E-state index in [1.165, 1.54) is 4.90 Å². The number of rotatable bonds is 3. The Labute approximate surface area is 164 Å². The van der Waals surface area contributed by atoms with Gasteiger partial charge >= 0.3 is 0 Å². The summed E-state index contributed by atoms with van der Waals surface area (Å²) in [5.41, 5.74) is 2.55. The topological polar surface area (TPSA) is 37.4 Å². The molecule has 0 fully saturated rings. The van der Waals surface area contributed by atoms with Crippen LogP contribution >= 0.6 is 27.5 Å². The van der Waals surface area contributed by atoms with Gasteiger partial charge < -0.3 is 0 Å². The summed E-state index contributed by atoms with van der Waals surface area (Å²) in [6.07, 6.45) is 0. The molecule has 5 heteroatoms. The van der Waals surface area contributed by atoms with Crippen molar-refractivity contribution in [3.63, 3.8) is 0 Å². The second-order valence-electron chi connectivity index (χ2n) is 6.03. The summed E-state index contributed by atoms with van der Waals surface area (Å²) < 4.78 is 0.929. The Hall–Kier alpha value is -2.43. The number of carbonyl (C=O) groups is 2. The molecule has 0 aliphatic carbocycles. The molecule has 26 heavy (non-hydrogen) atoms. The fourth-order valence-corrected chi connectivity index (χ4v) is 3.61. The van der Waals surface area contributed by atoms with E-state index >= 15 is 0 Å². The third kappa shape index (κ3) is 2.85. The zero-order valence-corrected chi connectivity index (χ0v) is 15.9. The zero-order valence-electron chi connectivity index (χ0n) is 13.5. The molecule has 1 unspecified atom stereocenters. The first-order valence-electron chi connectivity index (χ1n) is 8.04. The standard InChI is InChI=1S/C21H13BrClNO2/c22-15-9-5-13(6-10-15)19(14-7-11-16(23)12-8-14)24-20(25)17-3-1-2-4-18(17)21(24)26/h1-12,19H. The Bertz CT molecular complexity index is 919. The fraction of sp³-hybridized carbons (Fsp3) is 0.0476. The third-order valence-corrected chi connectivity index (χ3v) is 5.24. The van der Waals surface area contributed by atoms with E-state index in [9.17, 15) is 9.59 Å². The van der Waals surface area contributed by atoms with Crippen LogP contribution in [0.1, 0.15) is 37.9 Å². The summed E-state index contributed by atoms with van der Waals surface area (Å²) in [5.74, 6) is -0.568. The minimum atomic E-state index is -0.521. The highest BCUT2D eigenvalue weighted by atomic mass is 79.9. The molecule has 0 saturated heterocycles. The molecule has 0 saturated carbocycles. The van der Waals surface area contributed by atoms with Gasteiger partial charge in [-0.3, -0.25) is 14.5 Å². The molecular weight excluding hydrogens is 414 g/mol. The van der Waals surface area contributed by atoms with Crippen LogP contribution in [0.5, 0.6) is 0 Å². The van der Waals surface area contributed by atoms with Gasteiger partial charge in [0.15, 0.2) is 0 Å². The Kier molecular flexibility index (Phi) is 4.39. The molecule has 128 valence electrons. The number of imide groups is 1. The summed E-state index contributed by atoms with van der Waals surface area (Å²) in [5, 5.41) is 0.602. The minimum absolute atomic E-state index is 0.284. The lowest BCUT2D eigenvalue weighted by Crippen LogP contribution is -2.34. The number of hydrogen-bond acceptors (Lipinski definition) is 2. The Morgan fingerprint density at radius 2 is 1.19 bits per heavy atom. The van der Waals surface area contributed by atoms with E-state index in [4.69, 9.17) is 11.6 Å². The smallest absolute Gasteiger partial charge is 0.262 e. The van der Waals surface area contributed by atoms with Gasteiger partial charge in [-0.05, 0) is 47.5 Å². The maximum atomic E-state index is 13.0. The number of amides is 2. The molecule has 1 aliphatic rings. The predicted octanol–water partition coefficient (Wildman–Crippen LogP) is 5.49. The van der Waals surface area contributed by atoms with Crippen molar-refractivity contribution in [3.05, 3.63) is 105 Å². The highest BCUT2D eigenvalue weighted by molar-refractivity contribution is 9.10. The number of nitrogens with zero attached hydrogens (tertiary/aromatic N) is 1. The Morgan fingerprint density at radius 1 is 0.731 bits per heavy atom. The molecule has 0 N–H and O–H groups in total. The van der Waals surface area contributed by atoms with Crippen LogP contribution in [0.2, 0.25) is 5.02 Å². The molecule has 0 aromatic heterocycles. The second-order valence-corrected chi connectivity index (χ2v) is 7.38. The second kappa shape index (κ2) is 6.71. The number of fused-ring (bicyclic) bond motifs is 1. The van der Waals surface area contributed by atoms with E-state index in [0.29, 0.717) is 16.1 Å². The Morgan fingerprint density at radius 3 is 1.69 bits per heavy atom. The first kappa shape index (κ1) is 17.0. The molecule has 3 nitrogen and oxygen atoms in total. The summed E-state index contributed by atoms with van der Waals surface area (Å²) in [6.45, 7) is 0. The minimum Gasteiger partial charge on any atom is -0.269 e. The van der Waals surface area contributed by atoms with Crippen LogP contribution in [0, 0.1) is 0 Å². The van der Waals surface area contributed by atoms with Crippen molar-refractivity contribution in [3.8, 4) is 0 Å². The maximum absolute atomic E-state index is 13.0. The van der Waals surface area contributed by atoms with E-state index < -0.39 is 6.04 Å². The molecule has 3 aromatic carbocycles. The highest BCUT2D eigenvalue weighted by Gasteiger charge is 2.40. The number of hydrogen-bond donors (Lipinski definition) is 0.